The largest absolute Gasteiger partial charge is 0.456 e. The lowest BCUT2D eigenvalue weighted by atomic mass is 10.1. The maximum absolute atomic E-state index is 11.7. The highest BCUT2D eigenvalue weighted by atomic mass is 16.6. The van der Waals surface area contributed by atoms with E-state index in [-0.39, 0.29) is 12.5 Å². The number of carbonyl (C=O) groups is 2. The van der Waals surface area contributed by atoms with Crippen LogP contribution < -0.4 is 5.32 Å². The summed E-state index contributed by atoms with van der Waals surface area (Å²) in [6, 6.07) is 7.90. The van der Waals surface area contributed by atoms with Gasteiger partial charge in [0.15, 0.2) is 0 Å². The highest BCUT2D eigenvalue weighted by molar-refractivity contribution is 5.96. The molecule has 0 aliphatic carbocycles. The standard InChI is InChI=1S/C14H16N2O3/c1-14(2,3)19-13(18)11-6-4-10(5-7-11)12(17)16-9-8-15/h4-7H,9H2,1-3H3,(H,16,17). The molecule has 0 aliphatic heterocycles. The minimum atomic E-state index is -0.556. The molecule has 1 aromatic carbocycles. The molecule has 100 valence electrons. The predicted molar refractivity (Wildman–Crippen MR) is 69.6 cm³/mol. The number of hydrogen-bond donors (Lipinski definition) is 1. The Morgan fingerprint density at radius 1 is 1.21 bits per heavy atom. The van der Waals surface area contributed by atoms with Crippen LogP contribution in [0.25, 0.3) is 0 Å². The molecule has 0 aliphatic rings. The van der Waals surface area contributed by atoms with Gasteiger partial charge in [0.2, 0.25) is 0 Å². The van der Waals surface area contributed by atoms with Gasteiger partial charge in [0, 0.05) is 5.56 Å². The monoisotopic (exact) mass is 260 g/mol. The normalized spacial score (nSPS) is 10.4. The van der Waals surface area contributed by atoms with Crippen LogP contribution in [0.5, 0.6) is 0 Å². The summed E-state index contributed by atoms with van der Waals surface area (Å²) >= 11 is 0. The summed E-state index contributed by atoms with van der Waals surface area (Å²) in [6.45, 7) is 5.31. The van der Waals surface area contributed by atoms with Crippen molar-refractivity contribution in [3.8, 4) is 6.07 Å². The van der Waals surface area contributed by atoms with Gasteiger partial charge in [-0.15, -0.1) is 0 Å². The first kappa shape index (κ1) is 14.7. The van der Waals surface area contributed by atoms with Gasteiger partial charge in [-0.05, 0) is 45.0 Å². The molecule has 0 saturated carbocycles. The SMILES string of the molecule is CC(C)(C)OC(=O)c1ccc(C(=O)NCC#N)cc1. The van der Waals surface area contributed by atoms with E-state index in [0.717, 1.165) is 0 Å². The molecule has 0 radical (unpaired) electrons. The number of rotatable bonds is 3. The quantitative estimate of drug-likeness (QED) is 0.665. The zero-order valence-electron chi connectivity index (χ0n) is 11.2. The maximum atomic E-state index is 11.7. The highest BCUT2D eigenvalue weighted by Crippen LogP contribution is 2.12. The number of carbonyl (C=O) groups excluding carboxylic acids is 2. The van der Waals surface area contributed by atoms with Crippen molar-refractivity contribution in [1.82, 2.24) is 5.32 Å². The van der Waals surface area contributed by atoms with Crippen LogP contribution in [-0.4, -0.2) is 24.0 Å². The third-order valence-corrected chi connectivity index (χ3v) is 2.11. The van der Waals surface area contributed by atoms with Crippen molar-refractivity contribution in [2.24, 2.45) is 0 Å². The van der Waals surface area contributed by atoms with Gasteiger partial charge >= 0.3 is 5.97 Å². The summed E-state index contributed by atoms with van der Waals surface area (Å²) in [7, 11) is 0. The fourth-order valence-electron chi connectivity index (χ4n) is 1.32. The molecule has 5 nitrogen and oxygen atoms in total. The lowest BCUT2D eigenvalue weighted by molar-refractivity contribution is 0.00693. The first-order valence-corrected chi connectivity index (χ1v) is 5.82. The third kappa shape index (κ3) is 4.80. The molecule has 0 aromatic heterocycles. The first-order valence-electron chi connectivity index (χ1n) is 5.82. The molecule has 0 fully saturated rings. The Balaban J connectivity index is 2.74. The summed E-state index contributed by atoms with van der Waals surface area (Å²) in [4.78, 5) is 23.3. The molecule has 0 spiro atoms. The number of benzene rings is 1. The van der Waals surface area contributed by atoms with E-state index in [9.17, 15) is 9.59 Å². The van der Waals surface area contributed by atoms with Crippen molar-refractivity contribution in [2.45, 2.75) is 26.4 Å². The van der Waals surface area contributed by atoms with Crippen LogP contribution in [0.1, 0.15) is 41.5 Å². The van der Waals surface area contributed by atoms with Crippen LogP contribution in [0.3, 0.4) is 0 Å². The summed E-state index contributed by atoms with van der Waals surface area (Å²) in [6.07, 6.45) is 0. The Bertz CT molecular complexity index is 507. The van der Waals surface area contributed by atoms with Crippen LogP contribution >= 0.6 is 0 Å². The molecule has 0 saturated heterocycles. The van der Waals surface area contributed by atoms with E-state index in [4.69, 9.17) is 10.00 Å². The molecule has 1 aromatic rings. The van der Waals surface area contributed by atoms with Crippen molar-refractivity contribution in [1.29, 1.82) is 5.26 Å². The topological polar surface area (TPSA) is 79.2 Å². The Hall–Kier alpha value is -2.35. The molecule has 0 heterocycles. The second-order valence-corrected chi connectivity index (χ2v) is 4.92. The minimum Gasteiger partial charge on any atom is -0.456 e. The zero-order chi connectivity index (χ0) is 14.5. The Morgan fingerprint density at radius 2 is 1.74 bits per heavy atom. The van der Waals surface area contributed by atoms with E-state index < -0.39 is 11.6 Å². The smallest absolute Gasteiger partial charge is 0.338 e. The summed E-state index contributed by atoms with van der Waals surface area (Å²) in [5.74, 6) is -0.784. The molecular weight excluding hydrogens is 244 g/mol. The van der Waals surface area contributed by atoms with Crippen LogP contribution in [0.4, 0.5) is 0 Å². The molecule has 1 amide bonds. The number of ether oxygens (including phenoxy) is 1. The van der Waals surface area contributed by atoms with Crippen molar-refractivity contribution in [2.75, 3.05) is 6.54 Å². The Morgan fingerprint density at radius 3 is 2.21 bits per heavy atom. The van der Waals surface area contributed by atoms with Crippen LogP contribution in [0, 0.1) is 11.3 Å². The van der Waals surface area contributed by atoms with Crippen molar-refractivity contribution >= 4 is 11.9 Å². The van der Waals surface area contributed by atoms with E-state index in [0.29, 0.717) is 11.1 Å². The molecule has 5 heteroatoms. The molecule has 1 N–H and O–H groups in total. The highest BCUT2D eigenvalue weighted by Gasteiger charge is 2.18. The second kappa shape index (κ2) is 6.01. The van der Waals surface area contributed by atoms with Crippen LogP contribution in [-0.2, 0) is 4.74 Å². The fraction of sp³-hybridized carbons (Fsp3) is 0.357. The molecule has 0 bridgehead atoms. The van der Waals surface area contributed by atoms with Gasteiger partial charge in [0.1, 0.15) is 12.1 Å². The predicted octanol–water partition coefficient (Wildman–Crippen LogP) is 1.90. The third-order valence-electron chi connectivity index (χ3n) is 2.11. The lowest BCUT2D eigenvalue weighted by Gasteiger charge is -2.19. The van der Waals surface area contributed by atoms with Gasteiger partial charge in [-0.1, -0.05) is 0 Å². The van der Waals surface area contributed by atoms with Crippen molar-refractivity contribution in [3.05, 3.63) is 35.4 Å². The van der Waals surface area contributed by atoms with Gasteiger partial charge < -0.3 is 10.1 Å². The van der Waals surface area contributed by atoms with E-state index >= 15 is 0 Å². The minimum absolute atomic E-state index is 0.0490. The number of nitriles is 1. The average Bonchev–Trinajstić information content (AvgIpc) is 2.34. The second-order valence-electron chi connectivity index (χ2n) is 4.92. The molecular formula is C14H16N2O3. The fourth-order valence-corrected chi connectivity index (χ4v) is 1.32. The molecule has 0 atom stereocenters. The van der Waals surface area contributed by atoms with E-state index in [1.165, 1.54) is 24.3 Å². The molecule has 19 heavy (non-hydrogen) atoms. The van der Waals surface area contributed by atoms with Gasteiger partial charge in [-0.25, -0.2) is 4.79 Å². The molecule has 1 rings (SSSR count). The van der Waals surface area contributed by atoms with Gasteiger partial charge in [0.05, 0.1) is 11.6 Å². The van der Waals surface area contributed by atoms with Gasteiger partial charge in [-0.3, -0.25) is 4.79 Å². The lowest BCUT2D eigenvalue weighted by Crippen LogP contribution is -2.25. The van der Waals surface area contributed by atoms with Crippen molar-refractivity contribution < 1.29 is 14.3 Å². The summed E-state index contributed by atoms with van der Waals surface area (Å²) in [5, 5.41) is 10.8. The van der Waals surface area contributed by atoms with Crippen LogP contribution in [0.2, 0.25) is 0 Å². The van der Waals surface area contributed by atoms with Crippen LogP contribution in [0.15, 0.2) is 24.3 Å². The maximum Gasteiger partial charge on any atom is 0.338 e. The summed E-state index contributed by atoms with van der Waals surface area (Å²) in [5.41, 5.74) is 0.217. The van der Waals surface area contributed by atoms with E-state index in [1.807, 2.05) is 6.07 Å². The number of nitrogens with zero attached hydrogens (tertiary/aromatic N) is 1. The Kier molecular flexibility index (Phi) is 4.65. The molecule has 0 unspecified atom stereocenters. The first-order chi connectivity index (χ1) is 8.83. The van der Waals surface area contributed by atoms with Gasteiger partial charge in [0.25, 0.3) is 5.91 Å². The summed E-state index contributed by atoms with van der Waals surface area (Å²) < 4.78 is 5.21. The van der Waals surface area contributed by atoms with Gasteiger partial charge in [-0.2, -0.15) is 5.26 Å². The number of amides is 1. The average molecular weight is 260 g/mol. The van der Waals surface area contributed by atoms with E-state index in [2.05, 4.69) is 5.32 Å². The van der Waals surface area contributed by atoms with Crippen molar-refractivity contribution in [3.63, 3.8) is 0 Å². The Labute approximate surface area is 112 Å². The zero-order valence-corrected chi connectivity index (χ0v) is 11.2. The number of nitrogens with one attached hydrogen (secondary N) is 1. The number of esters is 1. The van der Waals surface area contributed by atoms with E-state index in [1.54, 1.807) is 20.8 Å². The number of hydrogen-bond acceptors (Lipinski definition) is 4.